The summed E-state index contributed by atoms with van der Waals surface area (Å²) < 4.78 is 9.72. The van der Waals surface area contributed by atoms with Crippen molar-refractivity contribution in [2.75, 3.05) is 6.61 Å². The van der Waals surface area contributed by atoms with Gasteiger partial charge in [-0.2, -0.15) is 0 Å². The fourth-order valence-electron chi connectivity index (χ4n) is 0.414. The lowest BCUT2D eigenvalue weighted by molar-refractivity contribution is -0.0836. The maximum absolute atomic E-state index is 5.07. The van der Waals surface area contributed by atoms with E-state index in [9.17, 15) is 0 Å². The van der Waals surface area contributed by atoms with Gasteiger partial charge in [0.05, 0.1) is 6.61 Å². The van der Waals surface area contributed by atoms with Crippen molar-refractivity contribution in [1.29, 1.82) is 0 Å². The molecule has 0 aliphatic heterocycles. The predicted molar refractivity (Wildman–Crippen MR) is 35.6 cm³/mol. The Morgan fingerprint density at radius 3 is 2.78 bits per heavy atom. The van der Waals surface area contributed by atoms with Crippen LogP contribution in [0.25, 0.3) is 0 Å². The molecule has 0 heterocycles. The number of ether oxygens (including phenoxy) is 2. The molecule has 9 heavy (non-hydrogen) atoms. The monoisotopic (exact) mass is 128 g/mol. The Hall–Kier alpha value is -0.680. The van der Waals surface area contributed by atoms with E-state index in [2.05, 4.69) is 10.8 Å². The molecule has 0 saturated heterocycles. The maximum atomic E-state index is 5.07. The smallest absolute Gasteiger partial charge is 0.207 e. The van der Waals surface area contributed by atoms with E-state index >= 15 is 0 Å². The van der Waals surface area contributed by atoms with Crippen LogP contribution >= 0.6 is 0 Å². The molecule has 0 radical (unpaired) electrons. The normalized spacial score (nSPS) is 12.1. The first-order valence-electron chi connectivity index (χ1n) is 3.04. The second-order valence-electron chi connectivity index (χ2n) is 1.67. The van der Waals surface area contributed by atoms with Crippen molar-refractivity contribution in [2.24, 2.45) is 0 Å². The van der Waals surface area contributed by atoms with Gasteiger partial charge in [0.2, 0.25) is 6.29 Å². The first kappa shape index (κ1) is 8.32. The summed E-state index contributed by atoms with van der Waals surface area (Å²) in [5.74, 6) is 0. The predicted octanol–water partition coefficient (Wildman–Crippen LogP) is 1.37. The highest BCUT2D eigenvalue weighted by atomic mass is 16.7. The summed E-state index contributed by atoms with van der Waals surface area (Å²) >= 11 is 0. The number of hydrogen-bond acceptors (Lipinski definition) is 2. The van der Waals surface area contributed by atoms with Crippen LogP contribution in [-0.4, -0.2) is 12.9 Å². The Bertz CT molecular complexity index is 93.6. The van der Waals surface area contributed by atoms with Gasteiger partial charge in [-0.3, -0.25) is 0 Å². The molecule has 0 amide bonds. The molecule has 1 unspecified atom stereocenters. The van der Waals surface area contributed by atoms with Crippen LogP contribution in [0.1, 0.15) is 20.3 Å². The first-order chi connectivity index (χ1) is 4.31. The molecule has 0 aromatic heterocycles. The Labute approximate surface area is 56.2 Å². The largest absolute Gasteiger partial charge is 0.415 e. The lowest BCUT2D eigenvalue weighted by Crippen LogP contribution is -2.09. The van der Waals surface area contributed by atoms with Crippen LogP contribution < -0.4 is 0 Å². The summed E-state index contributed by atoms with van der Waals surface area (Å²) in [4.78, 5) is 0. The molecule has 0 saturated carbocycles. The molecule has 0 aliphatic rings. The summed E-state index contributed by atoms with van der Waals surface area (Å²) in [5.41, 5.74) is 0. The minimum atomic E-state index is -0.269. The highest BCUT2D eigenvalue weighted by Gasteiger charge is 1.96. The molecule has 1 atom stereocenters. The molecular weight excluding hydrogens is 116 g/mol. The van der Waals surface area contributed by atoms with E-state index in [1.54, 1.807) is 6.92 Å². The topological polar surface area (TPSA) is 18.5 Å². The zero-order chi connectivity index (χ0) is 7.11. The first-order valence-corrected chi connectivity index (χ1v) is 3.04. The Kier molecular flexibility index (Phi) is 5.04. The summed E-state index contributed by atoms with van der Waals surface area (Å²) in [6.07, 6.45) is 7.62. The molecule has 0 aromatic carbocycles. The minimum absolute atomic E-state index is 0.269. The third-order valence-corrected chi connectivity index (χ3v) is 0.791. The van der Waals surface area contributed by atoms with E-state index in [0.29, 0.717) is 6.61 Å². The van der Waals surface area contributed by atoms with E-state index in [1.165, 1.54) is 0 Å². The summed E-state index contributed by atoms with van der Waals surface area (Å²) in [5, 5.41) is 0. The summed E-state index contributed by atoms with van der Waals surface area (Å²) in [6, 6.07) is 0. The van der Waals surface area contributed by atoms with Gasteiger partial charge in [0.15, 0.2) is 0 Å². The van der Waals surface area contributed by atoms with Crippen molar-refractivity contribution in [2.45, 2.75) is 26.6 Å². The van der Waals surface area contributed by atoms with E-state index in [-0.39, 0.29) is 6.29 Å². The Morgan fingerprint density at radius 2 is 2.33 bits per heavy atom. The molecular formula is C7H12O2. The van der Waals surface area contributed by atoms with Crippen LogP contribution in [-0.2, 0) is 9.47 Å². The molecule has 2 nitrogen and oxygen atoms in total. The third-order valence-electron chi connectivity index (χ3n) is 0.791. The van der Waals surface area contributed by atoms with Crippen LogP contribution in [0.2, 0.25) is 0 Å². The van der Waals surface area contributed by atoms with Gasteiger partial charge < -0.3 is 9.47 Å². The molecule has 0 aliphatic carbocycles. The average Bonchev–Trinajstić information content (AvgIpc) is 1.85. The van der Waals surface area contributed by atoms with Crippen LogP contribution in [0.4, 0.5) is 0 Å². The van der Waals surface area contributed by atoms with Crippen LogP contribution in [0.5, 0.6) is 0 Å². The van der Waals surface area contributed by atoms with Gasteiger partial charge in [0, 0.05) is 0 Å². The summed E-state index contributed by atoms with van der Waals surface area (Å²) in [7, 11) is 0. The van der Waals surface area contributed by atoms with Crippen LogP contribution in [0, 0.1) is 12.5 Å². The molecule has 0 aromatic rings. The Morgan fingerprint density at radius 1 is 1.67 bits per heavy atom. The van der Waals surface area contributed by atoms with E-state index in [1.807, 2.05) is 6.92 Å². The van der Waals surface area contributed by atoms with Crippen molar-refractivity contribution in [3.63, 3.8) is 0 Å². The standard InChI is InChI=1S/C7H12O2/c1-4-6-9-7(3)8-5-2/h2,7H,4,6H2,1,3H3. The Balaban J connectivity index is 3.08. The minimum Gasteiger partial charge on any atom is -0.415 e. The van der Waals surface area contributed by atoms with Crippen molar-refractivity contribution >= 4 is 0 Å². The zero-order valence-corrected chi connectivity index (χ0v) is 5.89. The van der Waals surface area contributed by atoms with Gasteiger partial charge >= 0.3 is 0 Å². The molecule has 2 heteroatoms. The number of terminal acetylenes is 1. The van der Waals surface area contributed by atoms with Crippen LogP contribution in [0.15, 0.2) is 0 Å². The second kappa shape index (κ2) is 5.46. The number of rotatable bonds is 4. The molecule has 0 spiro atoms. The van der Waals surface area contributed by atoms with Gasteiger partial charge in [-0.05, 0) is 13.3 Å². The van der Waals surface area contributed by atoms with Crippen LogP contribution in [0.3, 0.4) is 0 Å². The SMILES string of the molecule is C#COC(C)OCCC. The third kappa shape index (κ3) is 5.19. The maximum Gasteiger partial charge on any atom is 0.207 e. The summed E-state index contributed by atoms with van der Waals surface area (Å²) in [6.45, 7) is 4.50. The van der Waals surface area contributed by atoms with Crippen molar-refractivity contribution < 1.29 is 9.47 Å². The van der Waals surface area contributed by atoms with Gasteiger partial charge in [0.25, 0.3) is 0 Å². The fourth-order valence-corrected chi connectivity index (χ4v) is 0.414. The van der Waals surface area contributed by atoms with Gasteiger partial charge in [-0.1, -0.05) is 13.3 Å². The molecule has 0 fully saturated rings. The van der Waals surface area contributed by atoms with Gasteiger partial charge in [0.1, 0.15) is 6.11 Å². The quantitative estimate of drug-likeness (QED) is 0.420. The van der Waals surface area contributed by atoms with Crippen molar-refractivity contribution in [1.82, 2.24) is 0 Å². The van der Waals surface area contributed by atoms with E-state index < -0.39 is 0 Å². The highest BCUT2D eigenvalue weighted by Crippen LogP contribution is 1.91. The highest BCUT2D eigenvalue weighted by molar-refractivity contribution is 4.68. The lowest BCUT2D eigenvalue weighted by Gasteiger charge is -2.08. The van der Waals surface area contributed by atoms with Crippen molar-refractivity contribution in [3.05, 3.63) is 0 Å². The molecule has 0 rings (SSSR count). The molecule has 52 valence electrons. The number of hydrogen-bond donors (Lipinski definition) is 0. The van der Waals surface area contributed by atoms with E-state index in [0.717, 1.165) is 6.42 Å². The van der Waals surface area contributed by atoms with Crippen molar-refractivity contribution in [3.8, 4) is 12.5 Å². The van der Waals surface area contributed by atoms with Gasteiger partial charge in [-0.15, -0.1) is 0 Å². The zero-order valence-electron chi connectivity index (χ0n) is 5.89. The second-order valence-corrected chi connectivity index (χ2v) is 1.67. The van der Waals surface area contributed by atoms with Gasteiger partial charge in [-0.25, -0.2) is 0 Å². The average molecular weight is 128 g/mol. The molecule has 0 bridgehead atoms. The lowest BCUT2D eigenvalue weighted by atomic mass is 10.5. The fraction of sp³-hybridized carbons (Fsp3) is 0.714. The van der Waals surface area contributed by atoms with E-state index in [4.69, 9.17) is 11.2 Å². The molecule has 0 N–H and O–H groups in total.